The predicted molar refractivity (Wildman–Crippen MR) is 124 cm³/mol. The summed E-state index contributed by atoms with van der Waals surface area (Å²) in [6, 6.07) is 16.9. The number of benzene rings is 3. The monoisotopic (exact) mass is 478 g/mol. The van der Waals surface area contributed by atoms with Crippen molar-refractivity contribution in [2.75, 3.05) is 4.72 Å². The van der Waals surface area contributed by atoms with Gasteiger partial charge in [-0.1, -0.05) is 46.7 Å². The normalized spacial score (nSPS) is 11.7. The second kappa shape index (κ2) is 8.07. The van der Waals surface area contributed by atoms with Crippen molar-refractivity contribution in [3.8, 4) is 0 Å². The molecule has 0 unspecified atom stereocenters. The van der Waals surface area contributed by atoms with E-state index in [9.17, 15) is 13.2 Å². The third-order valence-corrected chi connectivity index (χ3v) is 7.43. The molecule has 0 aliphatic heterocycles. The van der Waals surface area contributed by atoms with E-state index in [0.717, 1.165) is 16.9 Å². The van der Waals surface area contributed by atoms with Gasteiger partial charge in [-0.2, -0.15) is 0 Å². The van der Waals surface area contributed by atoms with Crippen molar-refractivity contribution in [3.63, 3.8) is 0 Å². The lowest BCUT2D eigenvalue weighted by Gasteiger charge is -2.11. The van der Waals surface area contributed by atoms with E-state index >= 15 is 0 Å². The maximum Gasteiger partial charge on any atom is 0.308 e. The largest absolute Gasteiger partial charge is 0.308 e. The molecular weight excluding hydrogens is 463 g/mol. The van der Waals surface area contributed by atoms with Gasteiger partial charge in [-0.05, 0) is 66.6 Å². The van der Waals surface area contributed by atoms with Gasteiger partial charge in [0.15, 0.2) is 0 Å². The Morgan fingerprint density at radius 3 is 2.37 bits per heavy atom. The fourth-order valence-electron chi connectivity index (χ4n) is 3.08. The molecular formula is C21H16Cl2N2O3S2. The Labute approximate surface area is 187 Å². The van der Waals surface area contributed by atoms with Crippen LogP contribution >= 0.6 is 34.5 Å². The maximum absolute atomic E-state index is 12.9. The van der Waals surface area contributed by atoms with Crippen molar-refractivity contribution in [2.45, 2.75) is 18.4 Å². The number of aromatic nitrogens is 1. The zero-order valence-corrected chi connectivity index (χ0v) is 18.9. The van der Waals surface area contributed by atoms with E-state index in [4.69, 9.17) is 23.2 Å². The molecule has 0 saturated carbocycles. The third kappa shape index (κ3) is 4.25. The van der Waals surface area contributed by atoms with E-state index in [2.05, 4.69) is 4.72 Å². The first kappa shape index (κ1) is 20.9. The Bertz CT molecular complexity index is 1410. The van der Waals surface area contributed by atoms with Crippen LogP contribution in [-0.2, 0) is 16.6 Å². The van der Waals surface area contributed by atoms with Gasteiger partial charge < -0.3 is 0 Å². The summed E-state index contributed by atoms with van der Waals surface area (Å²) in [5, 5.41) is 1.16. The molecule has 0 amide bonds. The highest BCUT2D eigenvalue weighted by atomic mass is 35.5. The van der Waals surface area contributed by atoms with Gasteiger partial charge in [-0.25, -0.2) is 8.42 Å². The minimum atomic E-state index is -3.82. The lowest BCUT2D eigenvalue weighted by molar-refractivity contribution is 0.601. The zero-order chi connectivity index (χ0) is 21.5. The van der Waals surface area contributed by atoms with Gasteiger partial charge in [0, 0.05) is 10.0 Å². The van der Waals surface area contributed by atoms with Crippen molar-refractivity contribution < 1.29 is 8.42 Å². The molecule has 9 heteroatoms. The van der Waals surface area contributed by atoms with E-state index in [0.29, 0.717) is 38.1 Å². The lowest BCUT2D eigenvalue weighted by atomic mass is 10.2. The van der Waals surface area contributed by atoms with Crippen LogP contribution < -0.4 is 9.60 Å². The summed E-state index contributed by atoms with van der Waals surface area (Å²) >= 11 is 12.9. The molecule has 1 aromatic heterocycles. The number of sulfonamides is 1. The van der Waals surface area contributed by atoms with Crippen LogP contribution in [0.25, 0.3) is 10.2 Å². The summed E-state index contributed by atoms with van der Waals surface area (Å²) in [6.07, 6.45) is 0. The average molecular weight is 479 g/mol. The molecule has 0 bridgehead atoms. The number of hydrogen-bond acceptors (Lipinski definition) is 4. The SMILES string of the molecule is Cc1cc(Cl)ccc1NS(=O)(=O)c1ccc2c(c1)sc(=O)n2Cc1ccc(Cl)cc1. The van der Waals surface area contributed by atoms with Crippen LogP contribution in [0.2, 0.25) is 10.0 Å². The minimum Gasteiger partial charge on any atom is -0.294 e. The van der Waals surface area contributed by atoms with Gasteiger partial charge in [0.05, 0.1) is 27.3 Å². The first-order valence-corrected chi connectivity index (χ1v) is 12.0. The maximum atomic E-state index is 12.9. The molecule has 5 nitrogen and oxygen atoms in total. The van der Waals surface area contributed by atoms with Crippen molar-refractivity contribution in [1.29, 1.82) is 0 Å². The van der Waals surface area contributed by atoms with Crippen LogP contribution in [0.1, 0.15) is 11.1 Å². The second-order valence-electron chi connectivity index (χ2n) is 6.77. The standard InChI is InChI=1S/C21H16Cl2N2O3S2/c1-13-10-16(23)6-8-18(13)24-30(27,28)17-7-9-19-20(11-17)29-21(26)25(19)12-14-2-4-15(22)5-3-14/h2-11,24H,12H2,1H3. The Hall–Kier alpha value is -2.32. The highest BCUT2D eigenvalue weighted by molar-refractivity contribution is 7.92. The molecule has 0 saturated heterocycles. The number of aryl methyl sites for hydroxylation is 1. The molecule has 0 atom stereocenters. The molecule has 0 spiro atoms. The number of anilines is 1. The van der Waals surface area contributed by atoms with Crippen molar-refractivity contribution in [1.82, 2.24) is 4.57 Å². The number of rotatable bonds is 5. The molecule has 0 aliphatic carbocycles. The van der Waals surface area contributed by atoms with Crippen molar-refractivity contribution >= 4 is 60.5 Å². The topological polar surface area (TPSA) is 68.2 Å². The van der Waals surface area contributed by atoms with Crippen molar-refractivity contribution in [3.05, 3.63) is 91.5 Å². The quantitative estimate of drug-likeness (QED) is 0.410. The Kier molecular flexibility index (Phi) is 5.63. The van der Waals surface area contributed by atoms with Gasteiger partial charge in [0.25, 0.3) is 10.0 Å². The van der Waals surface area contributed by atoms with E-state index in [-0.39, 0.29) is 9.77 Å². The molecule has 0 radical (unpaired) electrons. The predicted octanol–water partition coefficient (Wildman–Crippen LogP) is 5.53. The minimum absolute atomic E-state index is 0.0873. The first-order valence-electron chi connectivity index (χ1n) is 8.90. The van der Waals surface area contributed by atoms with Crippen LogP contribution in [-0.4, -0.2) is 13.0 Å². The summed E-state index contributed by atoms with van der Waals surface area (Å²) < 4.78 is 30.5. The fourth-order valence-corrected chi connectivity index (χ4v) is 5.59. The third-order valence-electron chi connectivity index (χ3n) is 4.64. The summed E-state index contributed by atoms with van der Waals surface area (Å²) in [4.78, 5) is 12.4. The first-order chi connectivity index (χ1) is 14.2. The number of thiazole rings is 1. The summed E-state index contributed by atoms with van der Waals surface area (Å²) in [5.74, 6) is 0. The smallest absolute Gasteiger partial charge is 0.294 e. The summed E-state index contributed by atoms with van der Waals surface area (Å²) in [5.41, 5.74) is 2.78. The average Bonchev–Trinajstić information content (AvgIpc) is 3.00. The van der Waals surface area contributed by atoms with Gasteiger partial charge >= 0.3 is 4.87 Å². The Morgan fingerprint density at radius 1 is 0.967 bits per heavy atom. The number of halogens is 2. The van der Waals surface area contributed by atoms with Gasteiger partial charge in [0.2, 0.25) is 0 Å². The number of hydrogen-bond donors (Lipinski definition) is 1. The van der Waals surface area contributed by atoms with Gasteiger partial charge in [-0.15, -0.1) is 0 Å². The molecule has 0 aliphatic rings. The van der Waals surface area contributed by atoms with E-state index in [1.807, 2.05) is 12.1 Å². The molecule has 1 heterocycles. The van der Waals surface area contributed by atoms with E-state index in [1.165, 1.54) is 12.1 Å². The molecule has 30 heavy (non-hydrogen) atoms. The fraction of sp³-hybridized carbons (Fsp3) is 0.0952. The van der Waals surface area contributed by atoms with Crippen LogP contribution in [0.15, 0.2) is 70.4 Å². The molecule has 3 aromatic carbocycles. The van der Waals surface area contributed by atoms with Crippen LogP contribution in [0, 0.1) is 6.92 Å². The number of fused-ring (bicyclic) bond motifs is 1. The number of nitrogens with one attached hydrogen (secondary N) is 1. The second-order valence-corrected chi connectivity index (χ2v) is 10.3. The molecule has 4 aromatic rings. The van der Waals surface area contributed by atoms with E-state index < -0.39 is 10.0 Å². The summed E-state index contributed by atoms with van der Waals surface area (Å²) in [7, 11) is -3.82. The lowest BCUT2D eigenvalue weighted by Crippen LogP contribution is -2.14. The highest BCUT2D eigenvalue weighted by Crippen LogP contribution is 2.26. The Morgan fingerprint density at radius 2 is 1.67 bits per heavy atom. The Balaban J connectivity index is 1.68. The molecule has 1 N–H and O–H groups in total. The molecule has 154 valence electrons. The number of nitrogens with zero attached hydrogens (tertiary/aromatic N) is 1. The van der Waals surface area contributed by atoms with Gasteiger partial charge in [0.1, 0.15) is 0 Å². The zero-order valence-electron chi connectivity index (χ0n) is 15.7. The van der Waals surface area contributed by atoms with Crippen LogP contribution in [0.5, 0.6) is 0 Å². The van der Waals surface area contributed by atoms with Gasteiger partial charge in [-0.3, -0.25) is 14.1 Å². The summed E-state index contributed by atoms with van der Waals surface area (Å²) in [6.45, 7) is 2.15. The van der Waals surface area contributed by atoms with Crippen molar-refractivity contribution in [2.24, 2.45) is 0 Å². The van der Waals surface area contributed by atoms with Crippen LogP contribution in [0.4, 0.5) is 5.69 Å². The van der Waals surface area contributed by atoms with Crippen LogP contribution in [0.3, 0.4) is 0 Å². The highest BCUT2D eigenvalue weighted by Gasteiger charge is 2.18. The van der Waals surface area contributed by atoms with E-state index in [1.54, 1.807) is 47.9 Å². The molecule has 0 fully saturated rings. The molecule has 4 rings (SSSR count).